The minimum atomic E-state index is -9.18. The van der Waals surface area contributed by atoms with Gasteiger partial charge in [-0.05, 0) is 17.2 Å². The summed E-state index contributed by atoms with van der Waals surface area (Å²) >= 11 is 0. The fourth-order valence-corrected chi connectivity index (χ4v) is 2.71. The molecule has 22 heteroatoms. The largest absolute Gasteiger partial charge is 0.460 e. The first-order valence-corrected chi connectivity index (χ1v) is 9.58. The predicted octanol–water partition coefficient (Wildman–Crippen LogP) is 9.08. The fraction of sp³-hybridized carbons (Fsp3) is 0.579. The highest BCUT2D eigenvalue weighted by Gasteiger charge is 2.98. The second-order valence-electron chi connectivity index (χ2n) is 7.85. The van der Waals surface area contributed by atoms with Gasteiger partial charge in [-0.15, -0.1) is 0 Å². The van der Waals surface area contributed by atoms with Gasteiger partial charge in [0, 0.05) is 0 Å². The molecule has 0 spiro atoms. The minimum absolute atomic E-state index is 0.121. The van der Waals surface area contributed by atoms with Gasteiger partial charge in [0.05, 0.1) is 6.61 Å². The van der Waals surface area contributed by atoms with Gasteiger partial charge in [-0.2, -0.15) is 92.2 Å². The molecule has 0 heterocycles. The van der Waals surface area contributed by atoms with Crippen molar-refractivity contribution in [3.8, 4) is 0 Å². The molecular weight excluding hydrogens is 643 g/mol. The highest BCUT2D eigenvalue weighted by Crippen LogP contribution is 2.66. The van der Waals surface area contributed by atoms with Gasteiger partial charge in [-0.25, -0.2) is 0 Å². The molecule has 0 aliphatic heterocycles. The molecule has 0 amide bonds. The third kappa shape index (κ3) is 5.06. The third-order valence-electron chi connectivity index (χ3n) is 5.11. The zero-order valence-corrected chi connectivity index (χ0v) is 18.6. The molecule has 41 heavy (non-hydrogen) atoms. The summed E-state index contributed by atoms with van der Waals surface area (Å²) in [5.74, 6) is -69.8. The van der Waals surface area contributed by atoms with E-state index in [1.165, 1.54) is 0 Å². The van der Waals surface area contributed by atoms with Crippen LogP contribution < -0.4 is 0 Å². The summed E-state index contributed by atoms with van der Waals surface area (Å²) in [6.45, 7) is 0.862. The molecule has 0 bridgehead atoms. The molecule has 1 atom stereocenters. The van der Waals surface area contributed by atoms with Crippen molar-refractivity contribution in [1.29, 1.82) is 0 Å². The molecule has 0 aliphatic carbocycles. The first-order chi connectivity index (χ1) is 17.8. The quantitative estimate of drug-likeness (QED) is 0.217. The van der Waals surface area contributed by atoms with E-state index < -0.39 is 71.8 Å². The maximum Gasteiger partial charge on any atom is 0.460 e. The van der Waals surface area contributed by atoms with Crippen LogP contribution in [0.2, 0.25) is 0 Å². The molecule has 238 valence electrons. The third-order valence-corrected chi connectivity index (χ3v) is 5.11. The lowest BCUT2D eigenvalue weighted by molar-refractivity contribution is -0.490. The Kier molecular flexibility index (Phi) is 8.92. The number of benzene rings is 1. The molecule has 1 rings (SSSR count). The maximum absolute atomic E-state index is 14.5. The molecule has 1 nitrogen and oxygen atoms in total. The van der Waals surface area contributed by atoms with E-state index in [9.17, 15) is 92.2 Å². The number of rotatable bonds is 11. The number of hydrogen-bond donors (Lipinski definition) is 0. The lowest BCUT2D eigenvalue weighted by atomic mass is 9.87. The Morgan fingerprint density at radius 3 is 1.22 bits per heavy atom. The van der Waals surface area contributed by atoms with Crippen LogP contribution in [0.1, 0.15) is 11.1 Å². The Morgan fingerprint density at radius 1 is 0.512 bits per heavy atom. The van der Waals surface area contributed by atoms with Gasteiger partial charge in [0.2, 0.25) is 0 Å². The topological polar surface area (TPSA) is 9.23 Å². The van der Waals surface area contributed by atoms with E-state index in [0.717, 1.165) is 18.2 Å². The van der Waals surface area contributed by atoms with Crippen molar-refractivity contribution in [2.45, 2.75) is 66.3 Å². The zero-order chi connectivity index (χ0) is 33.1. The zero-order valence-electron chi connectivity index (χ0n) is 18.6. The lowest BCUT2D eigenvalue weighted by Gasteiger charge is -2.45. The SMILES string of the molecule is C=Cc1cccc(COC(F)(C(F)(F)F)C(F)(F)C(F)(F)C(F)(F)C(F)(F)C(F)(F)C(F)(F)C(F)(F)C(F)(F)F)c1. The summed E-state index contributed by atoms with van der Waals surface area (Å²) < 4.78 is 283. The van der Waals surface area contributed by atoms with Crippen LogP contribution in [0.4, 0.5) is 92.2 Å². The smallest absolute Gasteiger partial charge is 0.329 e. The summed E-state index contributed by atoms with van der Waals surface area (Å²) in [5, 5.41) is 0. The van der Waals surface area contributed by atoms with Crippen molar-refractivity contribution in [3.63, 3.8) is 0 Å². The lowest BCUT2D eigenvalue weighted by Crippen LogP contribution is -2.77. The van der Waals surface area contributed by atoms with E-state index in [1.54, 1.807) is 0 Å². The number of ether oxygens (including phenoxy) is 1. The van der Waals surface area contributed by atoms with Gasteiger partial charge in [-0.3, -0.25) is 0 Å². The van der Waals surface area contributed by atoms with Gasteiger partial charge >= 0.3 is 59.7 Å². The number of alkyl halides is 21. The van der Waals surface area contributed by atoms with Crippen molar-refractivity contribution < 1.29 is 96.9 Å². The van der Waals surface area contributed by atoms with Gasteiger partial charge in [0.25, 0.3) is 0 Å². The summed E-state index contributed by atoms with van der Waals surface area (Å²) in [5.41, 5.74) is -0.991. The summed E-state index contributed by atoms with van der Waals surface area (Å²) in [4.78, 5) is 0. The van der Waals surface area contributed by atoms with Crippen LogP contribution >= 0.6 is 0 Å². The Balaban J connectivity index is 3.79. The predicted molar refractivity (Wildman–Crippen MR) is 91.9 cm³/mol. The van der Waals surface area contributed by atoms with E-state index >= 15 is 0 Å². The van der Waals surface area contributed by atoms with Crippen LogP contribution in [-0.4, -0.2) is 59.7 Å². The van der Waals surface area contributed by atoms with Crippen molar-refractivity contribution in [2.75, 3.05) is 0 Å². The molecular formula is C19H9F21O. The molecule has 0 saturated carbocycles. The van der Waals surface area contributed by atoms with E-state index in [2.05, 4.69) is 11.3 Å². The van der Waals surface area contributed by atoms with E-state index in [4.69, 9.17) is 0 Å². The Morgan fingerprint density at radius 2 is 0.878 bits per heavy atom. The molecule has 1 unspecified atom stereocenters. The Bertz CT molecular complexity index is 1100. The van der Waals surface area contributed by atoms with Crippen molar-refractivity contribution in [2.24, 2.45) is 0 Å². The normalized spacial score (nSPS) is 16.9. The summed E-state index contributed by atoms with van der Waals surface area (Å²) in [6, 6.07) is 3.13. The molecule has 0 fully saturated rings. The Hall–Kier alpha value is -2.55. The maximum atomic E-state index is 14.5. The molecule has 0 N–H and O–H groups in total. The van der Waals surface area contributed by atoms with Crippen molar-refractivity contribution in [3.05, 3.63) is 42.0 Å². The van der Waals surface area contributed by atoms with Crippen LogP contribution in [0.25, 0.3) is 6.08 Å². The Labute approximate surface area is 212 Å². The van der Waals surface area contributed by atoms with Crippen LogP contribution in [0.3, 0.4) is 0 Å². The monoisotopic (exact) mass is 652 g/mol. The van der Waals surface area contributed by atoms with Crippen LogP contribution in [0.5, 0.6) is 0 Å². The van der Waals surface area contributed by atoms with Crippen LogP contribution in [0, 0.1) is 0 Å². The minimum Gasteiger partial charge on any atom is -0.329 e. The van der Waals surface area contributed by atoms with Crippen molar-refractivity contribution in [1.82, 2.24) is 0 Å². The first kappa shape index (κ1) is 36.5. The second-order valence-corrected chi connectivity index (χ2v) is 7.85. The second kappa shape index (κ2) is 10.0. The van der Waals surface area contributed by atoms with Gasteiger partial charge in [0.1, 0.15) is 0 Å². The van der Waals surface area contributed by atoms with Gasteiger partial charge in [0.15, 0.2) is 0 Å². The summed E-state index contributed by atoms with van der Waals surface area (Å²) in [6.07, 6.45) is -14.8. The molecule has 0 aromatic heterocycles. The average molecular weight is 652 g/mol. The highest BCUT2D eigenvalue weighted by molar-refractivity contribution is 5.47. The molecule has 0 aliphatic rings. The van der Waals surface area contributed by atoms with E-state index in [1.807, 2.05) is 0 Å². The van der Waals surface area contributed by atoms with Crippen LogP contribution in [-0.2, 0) is 11.3 Å². The first-order valence-electron chi connectivity index (χ1n) is 9.58. The fourth-order valence-electron chi connectivity index (χ4n) is 2.71. The molecule has 1 aromatic rings. The number of halogens is 21. The average Bonchev–Trinajstić information content (AvgIpc) is 2.80. The standard InChI is InChI=1S/C19H9F21O/c1-2-8-4-3-5-9(6-8)7-41-17(34,19(38,39)40)15(30,31)13(26,27)11(22,23)10(20,21)12(24,25)14(28,29)16(32,33)18(35,36)37/h2-6H,1,7H2. The van der Waals surface area contributed by atoms with Crippen LogP contribution in [0.15, 0.2) is 30.8 Å². The van der Waals surface area contributed by atoms with Gasteiger partial charge in [-0.1, -0.05) is 30.9 Å². The van der Waals surface area contributed by atoms with Gasteiger partial charge < -0.3 is 4.74 Å². The van der Waals surface area contributed by atoms with Crippen molar-refractivity contribution >= 4 is 6.08 Å². The van der Waals surface area contributed by atoms with E-state index in [0.29, 0.717) is 12.1 Å². The highest BCUT2D eigenvalue weighted by atomic mass is 19.4. The molecule has 1 aromatic carbocycles. The number of hydrogen-bond acceptors (Lipinski definition) is 1. The summed E-state index contributed by atoms with van der Waals surface area (Å²) in [7, 11) is 0. The molecule has 0 radical (unpaired) electrons. The molecule has 0 saturated heterocycles. The van der Waals surface area contributed by atoms with E-state index in [-0.39, 0.29) is 5.56 Å².